The van der Waals surface area contributed by atoms with Gasteiger partial charge in [-0.1, -0.05) is 6.07 Å². The molecule has 0 aromatic heterocycles. The summed E-state index contributed by atoms with van der Waals surface area (Å²) in [7, 11) is 3.61. The fourth-order valence-corrected chi connectivity index (χ4v) is 2.57. The zero-order valence-corrected chi connectivity index (χ0v) is 11.9. The third-order valence-electron chi connectivity index (χ3n) is 3.91. The molecule has 1 atom stereocenters. The summed E-state index contributed by atoms with van der Waals surface area (Å²) in [5.41, 5.74) is 9.32. The molecule has 0 saturated carbocycles. The van der Waals surface area contributed by atoms with Crippen LogP contribution in [0.3, 0.4) is 0 Å². The van der Waals surface area contributed by atoms with Crippen molar-refractivity contribution in [3.63, 3.8) is 0 Å². The Morgan fingerprint density at radius 1 is 1.14 bits per heavy atom. The van der Waals surface area contributed by atoms with Crippen LogP contribution in [0.5, 0.6) is 0 Å². The van der Waals surface area contributed by atoms with Gasteiger partial charge in [0.2, 0.25) is 5.91 Å². The van der Waals surface area contributed by atoms with Gasteiger partial charge in [0.05, 0.1) is 5.69 Å². The first-order chi connectivity index (χ1) is 9.99. The molecule has 1 unspecified atom stereocenters. The number of carbonyl (C=O) groups excluding carboxylic acids is 1. The number of benzene rings is 2. The van der Waals surface area contributed by atoms with Gasteiger partial charge >= 0.3 is 0 Å². The molecular formula is C16H16FN3O. The zero-order valence-electron chi connectivity index (χ0n) is 11.9. The lowest BCUT2D eigenvalue weighted by atomic mass is 10.1. The molecule has 1 heterocycles. The first-order valence-electron chi connectivity index (χ1n) is 6.65. The number of rotatable bonds is 2. The quantitative estimate of drug-likeness (QED) is 0.922. The predicted molar refractivity (Wildman–Crippen MR) is 81.2 cm³/mol. The second-order valence-electron chi connectivity index (χ2n) is 5.15. The maximum atomic E-state index is 13.0. The van der Waals surface area contributed by atoms with Crippen LogP contribution in [0, 0.1) is 5.82 Å². The molecule has 4 nitrogen and oxygen atoms in total. The third-order valence-corrected chi connectivity index (χ3v) is 3.91. The Morgan fingerprint density at radius 3 is 2.43 bits per heavy atom. The van der Waals surface area contributed by atoms with Crippen molar-refractivity contribution in [3.05, 3.63) is 53.8 Å². The van der Waals surface area contributed by atoms with E-state index < -0.39 is 6.04 Å². The highest BCUT2D eigenvalue weighted by Crippen LogP contribution is 2.37. The molecule has 1 aliphatic heterocycles. The van der Waals surface area contributed by atoms with Crippen LogP contribution in [0.15, 0.2) is 42.5 Å². The fraction of sp³-hybridized carbons (Fsp3) is 0.188. The third kappa shape index (κ3) is 2.15. The van der Waals surface area contributed by atoms with Crippen molar-refractivity contribution in [2.24, 2.45) is 5.73 Å². The average Bonchev–Trinajstić information content (AvgIpc) is 2.72. The van der Waals surface area contributed by atoms with Crippen LogP contribution in [-0.2, 0) is 4.79 Å². The topological polar surface area (TPSA) is 49.6 Å². The van der Waals surface area contributed by atoms with Crippen LogP contribution in [0.4, 0.5) is 21.5 Å². The maximum Gasteiger partial charge on any atom is 0.248 e. The van der Waals surface area contributed by atoms with Crippen molar-refractivity contribution >= 4 is 23.0 Å². The van der Waals surface area contributed by atoms with Gasteiger partial charge in [0, 0.05) is 31.0 Å². The Labute approximate surface area is 122 Å². The Morgan fingerprint density at radius 2 is 1.76 bits per heavy atom. The number of nitrogens with zero attached hydrogens (tertiary/aromatic N) is 2. The maximum absolute atomic E-state index is 13.0. The van der Waals surface area contributed by atoms with Crippen LogP contribution in [-0.4, -0.2) is 20.0 Å². The number of halogens is 1. The van der Waals surface area contributed by atoms with E-state index in [1.165, 1.54) is 12.1 Å². The van der Waals surface area contributed by atoms with E-state index in [0.29, 0.717) is 0 Å². The molecule has 1 amide bonds. The number of likely N-dealkylation sites (N-methyl/N-ethyl adjacent to an activating group) is 1. The number of anilines is 3. The van der Waals surface area contributed by atoms with E-state index in [1.807, 2.05) is 30.1 Å². The summed E-state index contributed by atoms with van der Waals surface area (Å²) in [6, 6.07) is 11.4. The second kappa shape index (κ2) is 4.86. The molecule has 0 saturated heterocycles. The summed E-state index contributed by atoms with van der Waals surface area (Å²) in [5, 5.41) is 0. The van der Waals surface area contributed by atoms with Crippen molar-refractivity contribution < 1.29 is 9.18 Å². The minimum Gasteiger partial charge on any atom is -0.345 e. The van der Waals surface area contributed by atoms with Gasteiger partial charge < -0.3 is 15.5 Å². The summed E-state index contributed by atoms with van der Waals surface area (Å²) in [6.45, 7) is 0. The Balaban J connectivity index is 1.98. The number of fused-ring (bicyclic) bond motifs is 1. The predicted octanol–water partition coefficient (Wildman–Crippen LogP) is 2.57. The van der Waals surface area contributed by atoms with E-state index in [4.69, 9.17) is 5.73 Å². The Hall–Kier alpha value is -2.40. The second-order valence-corrected chi connectivity index (χ2v) is 5.15. The molecule has 21 heavy (non-hydrogen) atoms. The minimum atomic E-state index is -0.588. The molecule has 2 N–H and O–H groups in total. The van der Waals surface area contributed by atoms with Crippen LogP contribution in [0.25, 0.3) is 0 Å². The summed E-state index contributed by atoms with van der Waals surface area (Å²) < 4.78 is 13.0. The highest BCUT2D eigenvalue weighted by atomic mass is 19.1. The van der Waals surface area contributed by atoms with Gasteiger partial charge in [-0.2, -0.15) is 0 Å². The average molecular weight is 285 g/mol. The summed E-state index contributed by atoms with van der Waals surface area (Å²) in [4.78, 5) is 15.4. The lowest BCUT2D eigenvalue weighted by Crippen LogP contribution is -2.27. The smallest absolute Gasteiger partial charge is 0.248 e. The standard InChI is InChI=1S/C16H16FN3O/c1-19(11-5-3-10(17)4-6-11)12-7-8-13-14(9-12)20(2)16(21)15(13)18/h3-9,15H,18H2,1-2H3. The highest BCUT2D eigenvalue weighted by Gasteiger charge is 2.32. The van der Waals surface area contributed by atoms with Crippen molar-refractivity contribution in [3.8, 4) is 0 Å². The molecule has 0 radical (unpaired) electrons. The van der Waals surface area contributed by atoms with E-state index in [-0.39, 0.29) is 11.7 Å². The summed E-state index contributed by atoms with van der Waals surface area (Å²) in [5.74, 6) is -0.371. The van der Waals surface area contributed by atoms with Crippen LogP contribution >= 0.6 is 0 Å². The van der Waals surface area contributed by atoms with Gasteiger partial charge in [0.25, 0.3) is 0 Å². The van der Waals surface area contributed by atoms with Crippen molar-refractivity contribution in [2.75, 3.05) is 23.9 Å². The highest BCUT2D eigenvalue weighted by molar-refractivity contribution is 6.04. The first-order valence-corrected chi connectivity index (χ1v) is 6.65. The number of hydrogen-bond acceptors (Lipinski definition) is 3. The largest absolute Gasteiger partial charge is 0.345 e. The van der Waals surface area contributed by atoms with Crippen LogP contribution in [0.2, 0.25) is 0 Å². The van der Waals surface area contributed by atoms with Crippen molar-refractivity contribution in [1.82, 2.24) is 0 Å². The Kier molecular flexibility index (Phi) is 3.14. The molecule has 108 valence electrons. The van der Waals surface area contributed by atoms with Gasteiger partial charge in [-0.25, -0.2) is 4.39 Å². The SMILES string of the molecule is CN1C(=O)C(N)c2ccc(N(C)c3ccc(F)cc3)cc21. The van der Waals surface area contributed by atoms with Gasteiger partial charge in [0.15, 0.2) is 0 Å². The molecule has 2 aromatic rings. The molecule has 3 rings (SSSR count). The molecule has 5 heteroatoms. The van der Waals surface area contributed by atoms with Crippen molar-refractivity contribution in [1.29, 1.82) is 0 Å². The number of carbonyl (C=O) groups is 1. The molecule has 1 aliphatic rings. The van der Waals surface area contributed by atoms with Crippen LogP contribution in [0.1, 0.15) is 11.6 Å². The molecule has 0 fully saturated rings. The fourth-order valence-electron chi connectivity index (χ4n) is 2.57. The summed E-state index contributed by atoms with van der Waals surface area (Å²) in [6.07, 6.45) is 0. The van der Waals surface area contributed by atoms with Gasteiger partial charge in [-0.15, -0.1) is 0 Å². The van der Waals surface area contributed by atoms with E-state index >= 15 is 0 Å². The molecule has 0 bridgehead atoms. The minimum absolute atomic E-state index is 0.105. The van der Waals surface area contributed by atoms with Gasteiger partial charge in [-0.3, -0.25) is 4.79 Å². The van der Waals surface area contributed by atoms with E-state index in [0.717, 1.165) is 22.6 Å². The molecule has 0 spiro atoms. The first kappa shape index (κ1) is 13.6. The lowest BCUT2D eigenvalue weighted by Gasteiger charge is -2.21. The van der Waals surface area contributed by atoms with E-state index in [1.54, 1.807) is 24.1 Å². The molecular weight excluding hydrogens is 269 g/mol. The molecule has 2 aromatic carbocycles. The van der Waals surface area contributed by atoms with E-state index in [9.17, 15) is 9.18 Å². The summed E-state index contributed by atoms with van der Waals surface area (Å²) >= 11 is 0. The Bertz CT molecular complexity index is 699. The zero-order chi connectivity index (χ0) is 15.1. The number of nitrogens with two attached hydrogens (primary N) is 1. The van der Waals surface area contributed by atoms with E-state index in [2.05, 4.69) is 0 Å². The van der Waals surface area contributed by atoms with Crippen LogP contribution < -0.4 is 15.5 Å². The van der Waals surface area contributed by atoms with Gasteiger partial charge in [-0.05, 0) is 36.4 Å². The lowest BCUT2D eigenvalue weighted by molar-refractivity contribution is -0.118. The monoisotopic (exact) mass is 285 g/mol. The number of amides is 1. The van der Waals surface area contributed by atoms with Crippen molar-refractivity contribution in [2.45, 2.75) is 6.04 Å². The number of hydrogen-bond donors (Lipinski definition) is 1. The molecule has 0 aliphatic carbocycles. The normalized spacial score (nSPS) is 17.0. The van der Waals surface area contributed by atoms with Gasteiger partial charge in [0.1, 0.15) is 11.9 Å².